The summed E-state index contributed by atoms with van der Waals surface area (Å²) in [6.45, 7) is 8.84. The van der Waals surface area contributed by atoms with E-state index in [0.29, 0.717) is 0 Å². The van der Waals surface area contributed by atoms with Crippen LogP contribution >= 0.6 is 0 Å². The van der Waals surface area contributed by atoms with Gasteiger partial charge in [-0.1, -0.05) is 45.9 Å². The number of hydrogen-bond acceptors (Lipinski definition) is 2. The van der Waals surface area contributed by atoms with E-state index in [1.54, 1.807) is 0 Å². The molecule has 3 aromatic carbocycles. The standard InChI is InChI=1S/C31H28N4.Pt/c1-30(2)24-14-10-12-22(18-24)29-33-27(20-35(29)25-15-7-6-8-16-25)31(3,4)23-13-9-11-21(17-23)28-32-26(30)19-34(28)5;/h6-16,19-20H,1-5H3;/q-2;+2. The zero-order valence-corrected chi connectivity index (χ0v) is 23.4. The molecule has 0 amide bonds. The fraction of sp³-hybridized carbons (Fsp3) is 0.226. The quantitative estimate of drug-likeness (QED) is 0.194. The second-order valence-corrected chi connectivity index (χ2v) is 10.4. The van der Waals surface area contributed by atoms with E-state index in [9.17, 15) is 0 Å². The number of hydrogen-bond donors (Lipinski definition) is 0. The van der Waals surface area contributed by atoms with Gasteiger partial charge in [-0.25, -0.2) is 0 Å². The van der Waals surface area contributed by atoms with Crippen LogP contribution in [0, 0.1) is 12.1 Å². The van der Waals surface area contributed by atoms with Crippen LogP contribution in [0.1, 0.15) is 50.2 Å². The summed E-state index contributed by atoms with van der Waals surface area (Å²) in [5, 5.41) is 0. The minimum atomic E-state index is -0.361. The number of aryl methyl sites for hydroxylation is 1. The summed E-state index contributed by atoms with van der Waals surface area (Å²) in [6.07, 6.45) is 4.29. The van der Waals surface area contributed by atoms with Crippen LogP contribution < -0.4 is 0 Å². The van der Waals surface area contributed by atoms with Crippen LogP contribution in [0.4, 0.5) is 0 Å². The summed E-state index contributed by atoms with van der Waals surface area (Å²) in [4.78, 5) is 10.3. The molecule has 0 N–H and O–H groups in total. The Balaban J connectivity index is 0.00000267. The van der Waals surface area contributed by atoms with Crippen molar-refractivity contribution in [2.45, 2.75) is 38.5 Å². The van der Waals surface area contributed by atoms with E-state index >= 15 is 0 Å². The first-order valence-corrected chi connectivity index (χ1v) is 12.0. The van der Waals surface area contributed by atoms with Gasteiger partial charge in [-0.05, 0) is 12.1 Å². The Morgan fingerprint density at radius 3 is 1.78 bits per heavy atom. The molecule has 5 heteroatoms. The zero-order valence-electron chi connectivity index (χ0n) is 21.1. The van der Waals surface area contributed by atoms with Gasteiger partial charge in [-0.2, -0.15) is 0 Å². The van der Waals surface area contributed by atoms with Gasteiger partial charge in [0.2, 0.25) is 0 Å². The maximum atomic E-state index is 5.23. The zero-order chi connectivity index (χ0) is 24.4. The smallest absolute Gasteiger partial charge is 0.373 e. The second-order valence-electron chi connectivity index (χ2n) is 10.4. The molecule has 0 aliphatic carbocycles. The fourth-order valence-electron chi connectivity index (χ4n) is 4.88. The molecule has 0 fully saturated rings. The SMILES string of the molecule is Cn1cc2nc1-c1[c-]c(ccc1)C(C)(C)c1cn(-c3ccccc3)c(n1)-c1[c-]c(ccc1)C2(C)C.[Pt+2]. The third kappa shape index (κ3) is 3.79. The molecule has 0 unspecified atom stereocenters. The van der Waals surface area contributed by atoms with Gasteiger partial charge >= 0.3 is 21.1 Å². The number of para-hydroxylation sites is 1. The van der Waals surface area contributed by atoms with Gasteiger partial charge in [-0.15, -0.1) is 70.8 Å². The average Bonchev–Trinajstić information content (AvgIpc) is 3.50. The van der Waals surface area contributed by atoms with Crippen LogP contribution in [0.2, 0.25) is 0 Å². The van der Waals surface area contributed by atoms with Gasteiger partial charge in [0.25, 0.3) is 0 Å². The first-order chi connectivity index (χ1) is 16.7. The van der Waals surface area contributed by atoms with Crippen molar-refractivity contribution >= 4 is 0 Å². The van der Waals surface area contributed by atoms with Crippen molar-refractivity contribution in [3.8, 4) is 28.5 Å². The van der Waals surface area contributed by atoms with Crippen LogP contribution in [0.15, 0.2) is 79.1 Å². The van der Waals surface area contributed by atoms with Crippen molar-refractivity contribution in [1.29, 1.82) is 0 Å². The molecule has 0 saturated heterocycles. The van der Waals surface area contributed by atoms with E-state index in [2.05, 4.69) is 129 Å². The van der Waals surface area contributed by atoms with Crippen LogP contribution in [0.25, 0.3) is 28.5 Å². The topological polar surface area (TPSA) is 35.6 Å². The maximum Gasteiger partial charge on any atom is 2.00 e. The number of rotatable bonds is 1. The van der Waals surface area contributed by atoms with E-state index in [1.165, 1.54) is 0 Å². The van der Waals surface area contributed by atoms with Crippen molar-refractivity contribution < 1.29 is 21.1 Å². The molecule has 8 bridgehead atoms. The normalized spacial score (nSPS) is 15.0. The van der Waals surface area contributed by atoms with Gasteiger partial charge < -0.3 is 9.13 Å². The number of fused-ring (bicyclic) bond motifs is 10. The molecule has 3 heterocycles. The largest absolute Gasteiger partial charge is 2.00 e. The van der Waals surface area contributed by atoms with Crippen LogP contribution in [-0.2, 0) is 38.9 Å². The predicted molar refractivity (Wildman–Crippen MR) is 140 cm³/mol. The number of aromatic nitrogens is 4. The molecular formula is C31H28N4Pt. The van der Waals surface area contributed by atoms with Crippen LogP contribution in [0.3, 0.4) is 0 Å². The fourth-order valence-corrected chi connectivity index (χ4v) is 4.88. The molecule has 6 rings (SSSR count). The Labute approximate surface area is 227 Å². The van der Waals surface area contributed by atoms with E-state index in [-0.39, 0.29) is 31.9 Å². The monoisotopic (exact) mass is 651 g/mol. The van der Waals surface area contributed by atoms with Gasteiger partial charge in [0.1, 0.15) is 0 Å². The Kier molecular flexibility index (Phi) is 5.92. The van der Waals surface area contributed by atoms with Gasteiger partial charge in [0.15, 0.2) is 0 Å². The summed E-state index contributed by atoms with van der Waals surface area (Å²) in [5.74, 6) is 1.79. The average molecular weight is 652 g/mol. The van der Waals surface area contributed by atoms with E-state index in [4.69, 9.17) is 9.97 Å². The summed E-state index contributed by atoms with van der Waals surface area (Å²) in [6, 6.07) is 30.4. The van der Waals surface area contributed by atoms with Crippen molar-refractivity contribution in [2.24, 2.45) is 7.05 Å². The van der Waals surface area contributed by atoms with Crippen molar-refractivity contribution in [2.75, 3.05) is 0 Å². The van der Waals surface area contributed by atoms with E-state index < -0.39 is 0 Å². The minimum Gasteiger partial charge on any atom is -0.373 e. The second kappa shape index (κ2) is 8.71. The maximum absolute atomic E-state index is 5.23. The number of benzene rings is 3. The van der Waals surface area contributed by atoms with E-state index in [0.717, 1.165) is 51.0 Å². The Morgan fingerprint density at radius 1 is 0.639 bits per heavy atom. The van der Waals surface area contributed by atoms with E-state index in [1.807, 2.05) is 6.07 Å². The molecule has 5 aromatic rings. The summed E-state index contributed by atoms with van der Waals surface area (Å²) >= 11 is 0. The first-order valence-electron chi connectivity index (χ1n) is 12.0. The van der Waals surface area contributed by atoms with Crippen molar-refractivity contribution in [3.05, 3.63) is 114 Å². The molecule has 2 aromatic heterocycles. The third-order valence-corrected chi connectivity index (χ3v) is 7.32. The molecule has 4 nitrogen and oxygen atoms in total. The Bertz CT molecular complexity index is 1560. The Morgan fingerprint density at radius 2 is 1.17 bits per heavy atom. The molecule has 0 radical (unpaired) electrons. The first kappa shape index (κ1) is 24.5. The molecule has 182 valence electrons. The summed E-state index contributed by atoms with van der Waals surface area (Å²) in [7, 11) is 2.05. The predicted octanol–water partition coefficient (Wildman–Crippen LogP) is 6.50. The minimum absolute atomic E-state index is 0. The summed E-state index contributed by atoms with van der Waals surface area (Å²) in [5.41, 5.74) is 6.48. The van der Waals surface area contributed by atoms with Crippen molar-refractivity contribution in [3.63, 3.8) is 0 Å². The van der Waals surface area contributed by atoms with Gasteiger partial charge in [0.05, 0.1) is 23.0 Å². The number of nitrogens with zero attached hydrogens (tertiary/aromatic N) is 4. The molecule has 36 heavy (non-hydrogen) atoms. The van der Waals surface area contributed by atoms with Crippen molar-refractivity contribution in [1.82, 2.24) is 19.1 Å². The Hall–Kier alpha value is -3.23. The van der Waals surface area contributed by atoms with Crippen LogP contribution in [-0.4, -0.2) is 19.1 Å². The van der Waals surface area contributed by atoms with Crippen LogP contribution in [0.5, 0.6) is 0 Å². The molecule has 0 atom stereocenters. The third-order valence-electron chi connectivity index (χ3n) is 7.32. The molecule has 0 saturated carbocycles. The molecule has 1 aliphatic heterocycles. The van der Waals surface area contributed by atoms with Gasteiger partial charge in [0, 0.05) is 36.0 Å². The van der Waals surface area contributed by atoms with Gasteiger partial charge in [-0.3, -0.25) is 9.97 Å². The molecular weight excluding hydrogens is 623 g/mol. The molecule has 1 aliphatic rings. The number of imidazole rings is 2. The molecule has 0 spiro atoms. The summed E-state index contributed by atoms with van der Waals surface area (Å²) < 4.78 is 4.28.